The third-order valence-electron chi connectivity index (χ3n) is 3.83. The zero-order chi connectivity index (χ0) is 15.2. The minimum absolute atomic E-state index is 0.0344. The molecule has 0 bridgehead atoms. The van der Waals surface area contributed by atoms with Gasteiger partial charge >= 0.3 is 0 Å². The minimum atomic E-state index is -0.469. The van der Waals surface area contributed by atoms with E-state index in [0.29, 0.717) is 5.56 Å². The van der Waals surface area contributed by atoms with E-state index in [1.54, 1.807) is 24.5 Å². The predicted octanol–water partition coefficient (Wildman–Crippen LogP) is 1.85. The number of rotatable bonds is 4. The lowest BCUT2D eigenvalue weighted by Crippen LogP contribution is -2.52. The van der Waals surface area contributed by atoms with Crippen LogP contribution in [0, 0.1) is 5.92 Å². The molecule has 1 fully saturated rings. The molecule has 1 aromatic heterocycles. The van der Waals surface area contributed by atoms with Crippen LogP contribution in [0.25, 0.3) is 0 Å². The van der Waals surface area contributed by atoms with Crippen molar-refractivity contribution in [1.29, 1.82) is 0 Å². The number of likely N-dealkylation sites (tertiary alicyclic amines) is 1. The van der Waals surface area contributed by atoms with Crippen LogP contribution >= 0.6 is 0 Å². The fourth-order valence-electron chi connectivity index (χ4n) is 2.55. The molecule has 0 aliphatic carbocycles. The summed E-state index contributed by atoms with van der Waals surface area (Å²) in [4.78, 5) is 30.6. The third-order valence-corrected chi connectivity index (χ3v) is 3.83. The lowest BCUT2D eigenvalue weighted by Gasteiger charge is -2.32. The Labute approximate surface area is 125 Å². The number of aromatic nitrogens is 1. The van der Waals surface area contributed by atoms with Crippen LogP contribution in [0.3, 0.4) is 0 Å². The Kier molecular flexibility index (Phi) is 5.31. The maximum Gasteiger partial charge on any atom is 0.252 e. The summed E-state index contributed by atoms with van der Waals surface area (Å²) in [7, 11) is 0. The molecule has 21 heavy (non-hydrogen) atoms. The van der Waals surface area contributed by atoms with Crippen molar-refractivity contribution in [3.63, 3.8) is 0 Å². The highest BCUT2D eigenvalue weighted by atomic mass is 16.2. The third kappa shape index (κ3) is 4.03. The standard InChI is InChI=1S/C16H23N3O2/c1-12(2)14(16(21)19-10-4-3-5-11-19)18-15(20)13-6-8-17-9-7-13/h6-9,12,14H,3-5,10-11H2,1-2H3,(H,18,20)/t14-/m1/s1. The average molecular weight is 289 g/mol. The number of carbonyl (C=O) groups is 2. The zero-order valence-electron chi connectivity index (χ0n) is 12.7. The van der Waals surface area contributed by atoms with E-state index in [4.69, 9.17) is 0 Å². The first-order valence-corrected chi connectivity index (χ1v) is 7.59. The Morgan fingerprint density at radius 2 is 1.76 bits per heavy atom. The number of piperidine rings is 1. The molecule has 2 amide bonds. The number of nitrogens with zero attached hydrogens (tertiary/aromatic N) is 2. The van der Waals surface area contributed by atoms with Gasteiger partial charge in [0, 0.05) is 31.0 Å². The van der Waals surface area contributed by atoms with Crippen molar-refractivity contribution in [2.24, 2.45) is 5.92 Å². The van der Waals surface area contributed by atoms with Crippen molar-refractivity contribution >= 4 is 11.8 Å². The SMILES string of the molecule is CC(C)[C@@H](NC(=O)c1ccncc1)C(=O)N1CCCCC1. The smallest absolute Gasteiger partial charge is 0.252 e. The second-order valence-electron chi connectivity index (χ2n) is 5.82. The summed E-state index contributed by atoms with van der Waals surface area (Å²) in [6, 6.07) is 2.83. The molecule has 0 radical (unpaired) electrons. The largest absolute Gasteiger partial charge is 0.341 e. The Bertz CT molecular complexity index is 482. The van der Waals surface area contributed by atoms with Gasteiger partial charge in [-0.1, -0.05) is 13.8 Å². The van der Waals surface area contributed by atoms with Gasteiger partial charge in [0.05, 0.1) is 0 Å². The molecule has 2 heterocycles. The van der Waals surface area contributed by atoms with Crippen LogP contribution in [-0.4, -0.2) is 40.8 Å². The van der Waals surface area contributed by atoms with Gasteiger partial charge in [-0.3, -0.25) is 14.6 Å². The van der Waals surface area contributed by atoms with E-state index in [1.807, 2.05) is 18.7 Å². The number of pyridine rings is 1. The molecule has 1 atom stereocenters. The van der Waals surface area contributed by atoms with Gasteiger partial charge in [0.15, 0.2) is 0 Å². The number of nitrogens with one attached hydrogen (secondary N) is 1. The van der Waals surface area contributed by atoms with Crippen LogP contribution in [0.1, 0.15) is 43.5 Å². The van der Waals surface area contributed by atoms with Gasteiger partial charge in [-0.2, -0.15) is 0 Å². The van der Waals surface area contributed by atoms with Gasteiger partial charge in [-0.25, -0.2) is 0 Å². The van der Waals surface area contributed by atoms with Crippen molar-refractivity contribution in [1.82, 2.24) is 15.2 Å². The van der Waals surface area contributed by atoms with Crippen LogP contribution in [0.5, 0.6) is 0 Å². The van der Waals surface area contributed by atoms with Gasteiger partial charge < -0.3 is 10.2 Å². The first kappa shape index (κ1) is 15.5. The molecule has 1 aliphatic heterocycles. The second-order valence-corrected chi connectivity index (χ2v) is 5.82. The number of carbonyl (C=O) groups excluding carboxylic acids is 2. The summed E-state index contributed by atoms with van der Waals surface area (Å²) < 4.78 is 0. The second kappa shape index (κ2) is 7.20. The first-order chi connectivity index (χ1) is 10.1. The summed E-state index contributed by atoms with van der Waals surface area (Å²) in [6.07, 6.45) is 6.43. The molecule has 1 N–H and O–H groups in total. The first-order valence-electron chi connectivity index (χ1n) is 7.59. The Morgan fingerprint density at radius 1 is 1.14 bits per heavy atom. The Hall–Kier alpha value is -1.91. The molecule has 114 valence electrons. The van der Waals surface area contributed by atoms with Crippen LogP contribution in [0.2, 0.25) is 0 Å². The molecule has 0 aromatic carbocycles. The molecule has 0 unspecified atom stereocenters. The summed E-state index contributed by atoms with van der Waals surface area (Å²) in [5, 5.41) is 2.87. The molecule has 5 nitrogen and oxygen atoms in total. The van der Waals surface area contributed by atoms with E-state index in [2.05, 4.69) is 10.3 Å². The van der Waals surface area contributed by atoms with Crippen molar-refractivity contribution < 1.29 is 9.59 Å². The summed E-state index contributed by atoms with van der Waals surface area (Å²) >= 11 is 0. The van der Waals surface area contributed by atoms with E-state index in [1.165, 1.54) is 6.42 Å². The maximum absolute atomic E-state index is 12.6. The predicted molar refractivity (Wildman–Crippen MR) is 80.8 cm³/mol. The quantitative estimate of drug-likeness (QED) is 0.920. The highest BCUT2D eigenvalue weighted by Gasteiger charge is 2.29. The van der Waals surface area contributed by atoms with Gasteiger partial charge in [0.2, 0.25) is 5.91 Å². The van der Waals surface area contributed by atoms with Crippen molar-refractivity contribution in [3.8, 4) is 0 Å². The normalized spacial score (nSPS) is 16.6. The molecule has 1 saturated heterocycles. The lowest BCUT2D eigenvalue weighted by molar-refractivity contribution is -0.135. The molecule has 1 aromatic rings. The highest BCUT2D eigenvalue weighted by molar-refractivity contribution is 5.97. The van der Waals surface area contributed by atoms with Crippen LogP contribution in [0.4, 0.5) is 0 Å². The molecule has 5 heteroatoms. The number of hydrogen-bond acceptors (Lipinski definition) is 3. The Morgan fingerprint density at radius 3 is 2.33 bits per heavy atom. The van der Waals surface area contributed by atoms with Gasteiger partial charge in [0.25, 0.3) is 5.91 Å². The fraction of sp³-hybridized carbons (Fsp3) is 0.562. The van der Waals surface area contributed by atoms with Crippen LogP contribution in [0.15, 0.2) is 24.5 Å². The van der Waals surface area contributed by atoms with Crippen LogP contribution < -0.4 is 5.32 Å². The zero-order valence-corrected chi connectivity index (χ0v) is 12.7. The monoisotopic (exact) mass is 289 g/mol. The van der Waals surface area contributed by atoms with E-state index in [0.717, 1.165) is 25.9 Å². The van der Waals surface area contributed by atoms with E-state index < -0.39 is 6.04 Å². The number of amides is 2. The molecule has 0 spiro atoms. The van der Waals surface area contributed by atoms with Crippen molar-refractivity contribution in [2.45, 2.75) is 39.2 Å². The maximum atomic E-state index is 12.6. The molecular weight excluding hydrogens is 266 g/mol. The lowest BCUT2D eigenvalue weighted by atomic mass is 10.0. The van der Waals surface area contributed by atoms with Gasteiger partial charge in [-0.05, 0) is 37.3 Å². The Balaban J connectivity index is 2.05. The topological polar surface area (TPSA) is 62.3 Å². The molecular formula is C16H23N3O2. The highest BCUT2D eigenvalue weighted by Crippen LogP contribution is 2.14. The van der Waals surface area contributed by atoms with Gasteiger partial charge in [0.1, 0.15) is 6.04 Å². The van der Waals surface area contributed by atoms with E-state index in [-0.39, 0.29) is 17.7 Å². The fourth-order valence-corrected chi connectivity index (χ4v) is 2.55. The summed E-state index contributed by atoms with van der Waals surface area (Å²) in [6.45, 7) is 5.51. The average Bonchev–Trinajstić information content (AvgIpc) is 2.53. The molecule has 0 saturated carbocycles. The summed E-state index contributed by atoms with van der Waals surface area (Å²) in [5.41, 5.74) is 0.530. The van der Waals surface area contributed by atoms with Crippen molar-refractivity contribution in [2.75, 3.05) is 13.1 Å². The van der Waals surface area contributed by atoms with Crippen LogP contribution in [-0.2, 0) is 4.79 Å². The number of hydrogen-bond donors (Lipinski definition) is 1. The van der Waals surface area contributed by atoms with Gasteiger partial charge in [-0.15, -0.1) is 0 Å². The van der Waals surface area contributed by atoms with Crippen molar-refractivity contribution in [3.05, 3.63) is 30.1 Å². The molecule has 2 rings (SSSR count). The summed E-state index contributed by atoms with van der Waals surface area (Å²) in [5.74, 6) is -0.126. The van der Waals surface area contributed by atoms with E-state index >= 15 is 0 Å². The molecule has 1 aliphatic rings. The minimum Gasteiger partial charge on any atom is -0.341 e. The van der Waals surface area contributed by atoms with E-state index in [9.17, 15) is 9.59 Å².